The number of hydrogen-bond acceptors (Lipinski definition) is 6. The predicted octanol–water partition coefficient (Wildman–Crippen LogP) is 4.80. The number of hydrogen-bond donors (Lipinski definition) is 0. The summed E-state index contributed by atoms with van der Waals surface area (Å²) < 4.78 is 21.4. The SMILES string of the molecule is COC(=O)[C@H](C)Oc1ccc2c(=O)c(Oc3cc(C)c(Cl)c(C)c3)coc2c1. The van der Waals surface area contributed by atoms with Crippen LogP contribution in [0.3, 0.4) is 0 Å². The lowest BCUT2D eigenvalue weighted by atomic mass is 10.1. The third kappa shape index (κ3) is 3.97. The van der Waals surface area contributed by atoms with Crippen LogP contribution in [0.2, 0.25) is 5.02 Å². The van der Waals surface area contributed by atoms with E-state index in [0.29, 0.717) is 27.5 Å². The summed E-state index contributed by atoms with van der Waals surface area (Å²) in [4.78, 5) is 24.2. The first-order valence-corrected chi connectivity index (χ1v) is 8.92. The van der Waals surface area contributed by atoms with Gasteiger partial charge in [-0.3, -0.25) is 4.79 Å². The number of halogens is 1. The molecule has 0 N–H and O–H groups in total. The second kappa shape index (κ2) is 7.94. The molecule has 0 aliphatic heterocycles. The monoisotopic (exact) mass is 402 g/mol. The van der Waals surface area contributed by atoms with Crippen molar-refractivity contribution in [2.75, 3.05) is 7.11 Å². The van der Waals surface area contributed by atoms with Gasteiger partial charge in [0.1, 0.15) is 23.3 Å². The third-order valence-corrected chi connectivity index (χ3v) is 4.79. The molecule has 0 saturated carbocycles. The maximum absolute atomic E-state index is 12.7. The lowest BCUT2D eigenvalue weighted by Crippen LogP contribution is -2.24. The zero-order valence-corrected chi connectivity index (χ0v) is 16.6. The Balaban J connectivity index is 1.91. The highest BCUT2D eigenvalue weighted by Gasteiger charge is 2.16. The van der Waals surface area contributed by atoms with Gasteiger partial charge in [-0.2, -0.15) is 0 Å². The van der Waals surface area contributed by atoms with Crippen molar-refractivity contribution in [1.82, 2.24) is 0 Å². The third-order valence-electron chi connectivity index (χ3n) is 4.20. The van der Waals surface area contributed by atoms with E-state index in [2.05, 4.69) is 4.74 Å². The van der Waals surface area contributed by atoms with Crippen molar-refractivity contribution in [3.8, 4) is 17.2 Å². The molecule has 0 aliphatic carbocycles. The smallest absolute Gasteiger partial charge is 0.346 e. The van der Waals surface area contributed by atoms with Gasteiger partial charge >= 0.3 is 5.97 Å². The van der Waals surface area contributed by atoms with E-state index >= 15 is 0 Å². The molecule has 7 heteroatoms. The lowest BCUT2D eigenvalue weighted by molar-refractivity contribution is -0.147. The van der Waals surface area contributed by atoms with Crippen LogP contribution in [0.5, 0.6) is 17.2 Å². The van der Waals surface area contributed by atoms with E-state index in [-0.39, 0.29) is 11.2 Å². The minimum absolute atomic E-state index is 0.0604. The van der Waals surface area contributed by atoms with Crippen molar-refractivity contribution >= 4 is 28.5 Å². The number of fused-ring (bicyclic) bond motifs is 1. The number of esters is 1. The van der Waals surface area contributed by atoms with E-state index < -0.39 is 12.1 Å². The van der Waals surface area contributed by atoms with E-state index in [1.807, 2.05) is 13.8 Å². The highest BCUT2D eigenvalue weighted by atomic mass is 35.5. The van der Waals surface area contributed by atoms with Crippen molar-refractivity contribution in [1.29, 1.82) is 0 Å². The van der Waals surface area contributed by atoms with Crippen LogP contribution in [0, 0.1) is 13.8 Å². The average molecular weight is 403 g/mol. The van der Waals surface area contributed by atoms with Crippen LogP contribution in [0.4, 0.5) is 0 Å². The molecule has 2 aromatic carbocycles. The Kier molecular flexibility index (Phi) is 5.61. The molecule has 0 spiro atoms. The average Bonchev–Trinajstić information content (AvgIpc) is 2.67. The Hall–Kier alpha value is -2.99. The fourth-order valence-electron chi connectivity index (χ4n) is 2.74. The minimum atomic E-state index is -0.784. The van der Waals surface area contributed by atoms with Gasteiger partial charge in [0.2, 0.25) is 11.2 Å². The fraction of sp³-hybridized carbons (Fsp3) is 0.238. The van der Waals surface area contributed by atoms with Crippen LogP contribution in [0.1, 0.15) is 18.1 Å². The number of rotatable bonds is 5. The number of carbonyl (C=O) groups is 1. The van der Waals surface area contributed by atoms with Gasteiger partial charge in [-0.15, -0.1) is 0 Å². The van der Waals surface area contributed by atoms with Gasteiger partial charge in [-0.1, -0.05) is 11.6 Å². The Labute approximate surface area is 166 Å². The molecule has 0 radical (unpaired) electrons. The maximum Gasteiger partial charge on any atom is 0.346 e. The van der Waals surface area contributed by atoms with E-state index in [1.165, 1.54) is 19.4 Å². The van der Waals surface area contributed by atoms with Crippen molar-refractivity contribution < 1.29 is 23.4 Å². The Morgan fingerprint density at radius 1 is 1.11 bits per heavy atom. The molecule has 0 amide bonds. The topological polar surface area (TPSA) is 75.0 Å². The van der Waals surface area contributed by atoms with Crippen LogP contribution in [0.15, 0.2) is 45.8 Å². The summed E-state index contributed by atoms with van der Waals surface area (Å²) in [6.45, 7) is 5.29. The summed E-state index contributed by atoms with van der Waals surface area (Å²) in [5.41, 5.74) is 1.70. The maximum atomic E-state index is 12.7. The van der Waals surface area contributed by atoms with E-state index in [0.717, 1.165) is 11.1 Å². The van der Waals surface area contributed by atoms with E-state index in [1.54, 1.807) is 31.2 Å². The first-order valence-electron chi connectivity index (χ1n) is 8.54. The molecule has 0 aliphatic rings. The van der Waals surface area contributed by atoms with Crippen LogP contribution in [-0.2, 0) is 9.53 Å². The molecule has 0 bridgehead atoms. The van der Waals surface area contributed by atoms with Crippen LogP contribution in [-0.4, -0.2) is 19.2 Å². The molecule has 3 rings (SSSR count). The molecular weight excluding hydrogens is 384 g/mol. The van der Waals surface area contributed by atoms with Gasteiger partial charge in [-0.25, -0.2) is 4.79 Å². The van der Waals surface area contributed by atoms with Gasteiger partial charge in [0.15, 0.2) is 6.10 Å². The van der Waals surface area contributed by atoms with Crippen molar-refractivity contribution in [2.24, 2.45) is 0 Å². The molecular formula is C21H19ClO6. The normalized spacial score (nSPS) is 11.9. The van der Waals surface area contributed by atoms with Crippen LogP contribution in [0.25, 0.3) is 11.0 Å². The largest absolute Gasteiger partial charge is 0.479 e. The second-order valence-electron chi connectivity index (χ2n) is 6.34. The summed E-state index contributed by atoms with van der Waals surface area (Å²) in [5.74, 6) is 0.438. The van der Waals surface area contributed by atoms with Crippen molar-refractivity contribution in [3.05, 3.63) is 63.0 Å². The highest BCUT2D eigenvalue weighted by Crippen LogP contribution is 2.29. The summed E-state index contributed by atoms with van der Waals surface area (Å²) in [7, 11) is 1.28. The van der Waals surface area contributed by atoms with Gasteiger partial charge in [0.05, 0.1) is 12.5 Å². The molecule has 3 aromatic rings. The predicted molar refractivity (Wildman–Crippen MR) is 106 cm³/mol. The zero-order valence-electron chi connectivity index (χ0n) is 15.9. The zero-order chi connectivity index (χ0) is 20.4. The molecule has 28 heavy (non-hydrogen) atoms. The molecule has 1 heterocycles. The summed E-state index contributed by atoms with van der Waals surface area (Å²) in [6.07, 6.45) is 0.463. The molecule has 0 saturated heterocycles. The molecule has 0 fully saturated rings. The Bertz CT molecular complexity index is 1080. The summed E-state index contributed by atoms with van der Waals surface area (Å²) in [5, 5.41) is 0.990. The molecule has 1 aromatic heterocycles. The van der Waals surface area contributed by atoms with E-state index in [4.69, 9.17) is 25.5 Å². The van der Waals surface area contributed by atoms with Gasteiger partial charge < -0.3 is 18.6 Å². The molecule has 6 nitrogen and oxygen atoms in total. The Morgan fingerprint density at radius 3 is 2.43 bits per heavy atom. The van der Waals surface area contributed by atoms with Crippen LogP contribution >= 0.6 is 11.6 Å². The van der Waals surface area contributed by atoms with Gasteiger partial charge in [0.25, 0.3) is 0 Å². The fourth-order valence-corrected chi connectivity index (χ4v) is 2.85. The minimum Gasteiger partial charge on any atom is -0.479 e. The van der Waals surface area contributed by atoms with Crippen molar-refractivity contribution in [3.63, 3.8) is 0 Å². The molecule has 1 atom stereocenters. The quantitative estimate of drug-likeness (QED) is 0.571. The number of aryl methyl sites for hydroxylation is 2. The van der Waals surface area contributed by atoms with E-state index in [9.17, 15) is 9.59 Å². The van der Waals surface area contributed by atoms with Gasteiger partial charge in [-0.05, 0) is 56.2 Å². The first-order chi connectivity index (χ1) is 13.3. The molecule has 146 valence electrons. The van der Waals surface area contributed by atoms with Gasteiger partial charge in [0, 0.05) is 11.1 Å². The second-order valence-corrected chi connectivity index (χ2v) is 6.72. The highest BCUT2D eigenvalue weighted by molar-refractivity contribution is 6.32. The van der Waals surface area contributed by atoms with Crippen molar-refractivity contribution in [2.45, 2.75) is 26.9 Å². The standard InChI is InChI=1S/C21H19ClO6/c1-11-7-15(8-12(2)19(11)22)28-18-10-26-17-9-14(5-6-16(17)20(18)23)27-13(3)21(24)25-4/h5-10,13H,1-4H3/t13-/m0/s1. The lowest BCUT2D eigenvalue weighted by Gasteiger charge is -2.13. The summed E-state index contributed by atoms with van der Waals surface area (Å²) >= 11 is 6.16. The number of methoxy groups -OCH3 is 1. The van der Waals surface area contributed by atoms with Crippen LogP contribution < -0.4 is 14.9 Å². The summed E-state index contributed by atoms with van der Waals surface area (Å²) in [6, 6.07) is 8.19. The number of carbonyl (C=O) groups excluding carboxylic acids is 1. The number of ether oxygens (including phenoxy) is 3. The number of benzene rings is 2. The first kappa shape index (κ1) is 19.8. The Morgan fingerprint density at radius 2 is 1.79 bits per heavy atom. The molecule has 0 unspecified atom stereocenters.